The molecule has 1 aliphatic heterocycles. The molecule has 1 aromatic carbocycles. The summed E-state index contributed by atoms with van der Waals surface area (Å²) in [5.74, 6) is 2.23. The standard InChI is InChI=1S/C26H40N2O3/c1-7-8-22(29)27-24-25(2,3)19-14-20-23(31-12-11-26(20,24)15-19)17-9-10-21(30-6)18(13-17)16-28(4)5/h9-10,13,19-20,23-24H,7-8,11-12,14-16H2,1-6H3,(H,27,29)/t19-,20-,23-,24-,26-/m1/s1. The highest BCUT2D eigenvalue weighted by molar-refractivity contribution is 5.76. The smallest absolute Gasteiger partial charge is 0.220 e. The normalized spacial score (nSPS) is 33.4. The Hall–Kier alpha value is -1.59. The van der Waals surface area contributed by atoms with Crippen LogP contribution in [-0.4, -0.2) is 44.7 Å². The minimum absolute atomic E-state index is 0.0900. The predicted molar refractivity (Wildman–Crippen MR) is 123 cm³/mol. The summed E-state index contributed by atoms with van der Waals surface area (Å²) in [6.45, 7) is 8.41. The number of methoxy groups -OCH3 is 1. The average Bonchev–Trinajstić information content (AvgIpc) is 3.20. The van der Waals surface area contributed by atoms with Gasteiger partial charge in [-0.15, -0.1) is 0 Å². The van der Waals surface area contributed by atoms with Crippen LogP contribution < -0.4 is 10.1 Å². The zero-order valence-electron chi connectivity index (χ0n) is 20.2. The quantitative estimate of drug-likeness (QED) is 0.692. The zero-order chi connectivity index (χ0) is 22.4. The van der Waals surface area contributed by atoms with E-state index in [1.807, 2.05) is 0 Å². The average molecular weight is 429 g/mol. The van der Waals surface area contributed by atoms with Gasteiger partial charge >= 0.3 is 0 Å². The van der Waals surface area contributed by atoms with Gasteiger partial charge in [-0.05, 0) is 80.1 Å². The molecule has 2 bridgehead atoms. The van der Waals surface area contributed by atoms with Crippen LogP contribution >= 0.6 is 0 Å². The highest BCUT2D eigenvalue weighted by Crippen LogP contribution is 2.70. The Balaban J connectivity index is 1.66. The Bertz CT molecular complexity index is 821. The highest BCUT2D eigenvalue weighted by atomic mass is 16.5. The fourth-order valence-corrected chi connectivity index (χ4v) is 7.02. The maximum absolute atomic E-state index is 12.6. The summed E-state index contributed by atoms with van der Waals surface area (Å²) in [5, 5.41) is 3.50. The number of carbonyl (C=O) groups excluding carboxylic acids is 1. The third-order valence-electron chi connectivity index (χ3n) is 8.41. The summed E-state index contributed by atoms with van der Waals surface area (Å²) >= 11 is 0. The molecule has 5 heteroatoms. The van der Waals surface area contributed by atoms with Crippen molar-refractivity contribution >= 4 is 5.91 Å². The van der Waals surface area contributed by atoms with Crippen molar-refractivity contribution in [1.82, 2.24) is 10.2 Å². The molecule has 1 N–H and O–H groups in total. The Morgan fingerprint density at radius 2 is 2.10 bits per heavy atom. The summed E-state index contributed by atoms with van der Waals surface area (Å²) in [7, 11) is 5.90. The molecule has 2 aliphatic carbocycles. The Morgan fingerprint density at radius 3 is 2.77 bits per heavy atom. The van der Waals surface area contributed by atoms with Gasteiger partial charge in [-0.2, -0.15) is 0 Å². The lowest BCUT2D eigenvalue weighted by atomic mass is 9.58. The molecular weight excluding hydrogens is 388 g/mol. The zero-order valence-corrected chi connectivity index (χ0v) is 20.2. The molecule has 1 amide bonds. The van der Waals surface area contributed by atoms with E-state index in [1.54, 1.807) is 7.11 Å². The molecule has 172 valence electrons. The molecule has 0 unspecified atom stereocenters. The second-order valence-corrected chi connectivity index (χ2v) is 10.9. The van der Waals surface area contributed by atoms with Gasteiger partial charge in [0.15, 0.2) is 0 Å². The molecule has 1 spiro atoms. The van der Waals surface area contributed by atoms with E-state index in [-0.39, 0.29) is 28.9 Å². The lowest BCUT2D eigenvalue weighted by molar-refractivity contribution is -0.137. The fraction of sp³-hybridized carbons (Fsp3) is 0.731. The number of hydrogen-bond donors (Lipinski definition) is 1. The topological polar surface area (TPSA) is 50.8 Å². The third kappa shape index (κ3) is 3.78. The maximum Gasteiger partial charge on any atom is 0.220 e. The number of benzene rings is 1. The van der Waals surface area contributed by atoms with Crippen LogP contribution in [0.25, 0.3) is 0 Å². The van der Waals surface area contributed by atoms with E-state index >= 15 is 0 Å². The third-order valence-corrected chi connectivity index (χ3v) is 8.41. The number of carbonyl (C=O) groups is 1. The molecule has 3 fully saturated rings. The van der Waals surface area contributed by atoms with Crippen molar-refractivity contribution in [3.05, 3.63) is 29.3 Å². The van der Waals surface area contributed by atoms with Crippen LogP contribution in [0.4, 0.5) is 0 Å². The molecule has 5 atom stereocenters. The molecule has 4 rings (SSSR count). The first-order valence-electron chi connectivity index (χ1n) is 12.0. The van der Waals surface area contributed by atoms with Crippen LogP contribution in [-0.2, 0) is 16.1 Å². The largest absolute Gasteiger partial charge is 0.496 e. The van der Waals surface area contributed by atoms with Crippen molar-refractivity contribution in [1.29, 1.82) is 0 Å². The van der Waals surface area contributed by atoms with Crippen molar-refractivity contribution < 1.29 is 14.3 Å². The summed E-state index contributed by atoms with van der Waals surface area (Å²) in [6.07, 6.45) is 5.04. The van der Waals surface area contributed by atoms with Crippen LogP contribution in [0.5, 0.6) is 5.75 Å². The van der Waals surface area contributed by atoms with Gasteiger partial charge in [-0.1, -0.05) is 26.8 Å². The number of rotatable bonds is 7. The van der Waals surface area contributed by atoms with Crippen molar-refractivity contribution in [2.75, 3.05) is 27.8 Å². The first-order valence-corrected chi connectivity index (χ1v) is 12.0. The SMILES string of the molecule is CCCC(=O)N[C@@H]1C(C)(C)[C@@H]2C[C@@H]3[C@@H](c4ccc(OC)c(CN(C)C)c4)OCC[C@@]31C2. The second kappa shape index (κ2) is 8.40. The van der Waals surface area contributed by atoms with Crippen LogP contribution in [0.2, 0.25) is 0 Å². The van der Waals surface area contributed by atoms with Gasteiger partial charge in [0.1, 0.15) is 5.75 Å². The van der Waals surface area contributed by atoms with Crippen molar-refractivity contribution in [3.8, 4) is 5.75 Å². The number of amides is 1. The van der Waals surface area contributed by atoms with Gasteiger partial charge in [0, 0.05) is 31.2 Å². The minimum Gasteiger partial charge on any atom is -0.496 e. The van der Waals surface area contributed by atoms with Gasteiger partial charge in [0.25, 0.3) is 0 Å². The van der Waals surface area contributed by atoms with Gasteiger partial charge in [-0.25, -0.2) is 0 Å². The Morgan fingerprint density at radius 1 is 1.32 bits per heavy atom. The molecule has 5 nitrogen and oxygen atoms in total. The van der Waals surface area contributed by atoms with E-state index < -0.39 is 0 Å². The molecule has 0 radical (unpaired) electrons. The molecule has 1 saturated heterocycles. The van der Waals surface area contributed by atoms with Gasteiger partial charge in [0.05, 0.1) is 13.2 Å². The van der Waals surface area contributed by atoms with E-state index in [0.29, 0.717) is 18.3 Å². The summed E-state index contributed by atoms with van der Waals surface area (Å²) in [5.41, 5.74) is 2.73. The van der Waals surface area contributed by atoms with Gasteiger partial charge < -0.3 is 19.7 Å². The molecule has 31 heavy (non-hydrogen) atoms. The first-order chi connectivity index (χ1) is 14.7. The Kier molecular flexibility index (Phi) is 6.12. The van der Waals surface area contributed by atoms with E-state index in [2.05, 4.69) is 63.3 Å². The van der Waals surface area contributed by atoms with Crippen molar-refractivity contribution in [3.63, 3.8) is 0 Å². The summed E-state index contributed by atoms with van der Waals surface area (Å²) in [4.78, 5) is 14.8. The number of nitrogens with zero attached hydrogens (tertiary/aromatic N) is 1. The van der Waals surface area contributed by atoms with Crippen LogP contribution in [0.3, 0.4) is 0 Å². The second-order valence-electron chi connectivity index (χ2n) is 10.9. The number of ether oxygens (including phenoxy) is 2. The molecule has 0 aromatic heterocycles. The number of nitrogens with one attached hydrogen (secondary N) is 1. The van der Waals surface area contributed by atoms with Gasteiger partial charge in [-0.3, -0.25) is 4.79 Å². The molecule has 1 aromatic rings. The van der Waals surface area contributed by atoms with Crippen LogP contribution in [0.15, 0.2) is 18.2 Å². The van der Waals surface area contributed by atoms with Gasteiger partial charge in [0.2, 0.25) is 5.91 Å². The number of fused-ring (bicyclic) bond motifs is 1. The molecular formula is C26H40N2O3. The maximum atomic E-state index is 12.6. The van der Waals surface area contributed by atoms with E-state index in [0.717, 1.165) is 31.7 Å². The van der Waals surface area contributed by atoms with E-state index in [1.165, 1.54) is 24.0 Å². The minimum atomic E-state index is 0.0900. The summed E-state index contributed by atoms with van der Waals surface area (Å²) in [6, 6.07) is 6.79. The van der Waals surface area contributed by atoms with Crippen LogP contribution in [0.1, 0.15) is 70.1 Å². The lowest BCUT2D eigenvalue weighted by Crippen LogP contribution is -2.58. The van der Waals surface area contributed by atoms with Crippen molar-refractivity contribution in [2.45, 2.75) is 71.6 Å². The lowest BCUT2D eigenvalue weighted by Gasteiger charge is -2.53. The first kappa shape index (κ1) is 22.6. The molecule has 1 heterocycles. The monoisotopic (exact) mass is 428 g/mol. The molecule has 3 aliphatic rings. The van der Waals surface area contributed by atoms with E-state index in [4.69, 9.17) is 9.47 Å². The van der Waals surface area contributed by atoms with Crippen LogP contribution in [0, 0.1) is 22.7 Å². The van der Waals surface area contributed by atoms with Crippen molar-refractivity contribution in [2.24, 2.45) is 22.7 Å². The summed E-state index contributed by atoms with van der Waals surface area (Å²) < 4.78 is 12.1. The number of hydrogen-bond acceptors (Lipinski definition) is 4. The molecule has 2 saturated carbocycles. The fourth-order valence-electron chi connectivity index (χ4n) is 7.02. The Labute approximate surface area is 187 Å². The predicted octanol–water partition coefficient (Wildman–Crippen LogP) is 4.56. The highest BCUT2D eigenvalue weighted by Gasteiger charge is 2.68. The van der Waals surface area contributed by atoms with E-state index in [9.17, 15) is 4.79 Å².